The summed E-state index contributed by atoms with van der Waals surface area (Å²) in [6, 6.07) is 5.34. The molecule has 0 radical (unpaired) electrons. The summed E-state index contributed by atoms with van der Waals surface area (Å²) in [5.74, 6) is 0.192. The zero-order valence-corrected chi connectivity index (χ0v) is 14.1. The summed E-state index contributed by atoms with van der Waals surface area (Å²) in [4.78, 5) is 2.05. The molecule has 0 unspecified atom stereocenters. The van der Waals surface area contributed by atoms with Gasteiger partial charge in [0, 0.05) is 22.7 Å². The average molecular weight is 313 g/mol. The Balaban J connectivity index is 2.94. The predicted molar refractivity (Wildman–Crippen MR) is 101 cm³/mol. The molecule has 0 aliphatic carbocycles. The van der Waals surface area contributed by atoms with Crippen molar-refractivity contribution in [1.82, 2.24) is 5.32 Å². The molecule has 0 aliphatic heterocycles. The van der Waals surface area contributed by atoms with Crippen LogP contribution in [0.15, 0.2) is 67.1 Å². The Morgan fingerprint density at radius 2 is 1.86 bits per heavy atom. The highest BCUT2D eigenvalue weighted by atomic mass is 32.2. The SMILES string of the molecule is C=CC(=C)CNC(=C)c1cc(O)cc(C(=C)S/C(C)=C\C)c1. The van der Waals surface area contributed by atoms with E-state index in [9.17, 15) is 5.11 Å². The molecule has 0 heterocycles. The topological polar surface area (TPSA) is 32.3 Å². The monoisotopic (exact) mass is 313 g/mol. The second-order valence-electron chi connectivity index (χ2n) is 4.89. The van der Waals surface area contributed by atoms with Crippen molar-refractivity contribution in [3.05, 3.63) is 78.3 Å². The minimum absolute atomic E-state index is 0.192. The first kappa shape index (κ1) is 17.9. The zero-order valence-electron chi connectivity index (χ0n) is 13.3. The molecular formula is C19H23NOS. The molecule has 2 N–H and O–H groups in total. The van der Waals surface area contributed by atoms with Gasteiger partial charge in [-0.05, 0) is 48.1 Å². The summed E-state index contributed by atoms with van der Waals surface area (Å²) in [6.45, 7) is 20.2. The van der Waals surface area contributed by atoms with Gasteiger partial charge in [-0.15, -0.1) is 0 Å². The molecule has 0 saturated heterocycles. The maximum absolute atomic E-state index is 9.94. The van der Waals surface area contributed by atoms with Gasteiger partial charge in [0.05, 0.1) is 0 Å². The van der Waals surface area contributed by atoms with Gasteiger partial charge in [-0.25, -0.2) is 0 Å². The minimum Gasteiger partial charge on any atom is -0.508 e. The molecule has 0 aliphatic rings. The van der Waals surface area contributed by atoms with Crippen LogP contribution in [-0.4, -0.2) is 11.7 Å². The highest BCUT2D eigenvalue weighted by molar-refractivity contribution is 8.11. The van der Waals surface area contributed by atoms with E-state index in [1.54, 1.807) is 30.0 Å². The van der Waals surface area contributed by atoms with Crippen molar-refractivity contribution < 1.29 is 5.11 Å². The van der Waals surface area contributed by atoms with Crippen molar-refractivity contribution in [1.29, 1.82) is 0 Å². The van der Waals surface area contributed by atoms with Crippen LogP contribution >= 0.6 is 11.8 Å². The molecule has 0 saturated carbocycles. The summed E-state index contributed by atoms with van der Waals surface area (Å²) in [5.41, 5.74) is 3.31. The number of allylic oxidation sites excluding steroid dienone is 2. The molecule has 2 nitrogen and oxygen atoms in total. The van der Waals surface area contributed by atoms with Gasteiger partial charge in [-0.1, -0.05) is 50.2 Å². The Labute approximate surface area is 137 Å². The summed E-state index contributed by atoms with van der Waals surface area (Å²) >= 11 is 1.58. The van der Waals surface area contributed by atoms with E-state index in [1.807, 2.05) is 26.0 Å². The molecule has 0 bridgehead atoms. The highest BCUT2D eigenvalue weighted by Gasteiger charge is 2.07. The second kappa shape index (κ2) is 8.35. The van der Waals surface area contributed by atoms with E-state index >= 15 is 0 Å². The van der Waals surface area contributed by atoms with E-state index in [4.69, 9.17) is 0 Å². The van der Waals surface area contributed by atoms with E-state index in [2.05, 4.69) is 31.6 Å². The standard InChI is InChI=1S/C19H23NOS/c1-7-13(3)12-20-15(5)17-9-18(11-19(21)10-17)16(6)22-14(4)8-2/h7-11,20-21H,1,3,5-6,12H2,2,4H3/b14-8-. The number of thioether (sulfide) groups is 1. The third kappa shape index (κ3) is 5.34. The molecule has 0 atom stereocenters. The van der Waals surface area contributed by atoms with Gasteiger partial charge in [-0.3, -0.25) is 0 Å². The minimum atomic E-state index is 0.192. The highest BCUT2D eigenvalue weighted by Crippen LogP contribution is 2.34. The van der Waals surface area contributed by atoms with Crippen molar-refractivity contribution in [2.24, 2.45) is 0 Å². The molecule has 0 fully saturated rings. The molecular weight excluding hydrogens is 290 g/mol. The fourth-order valence-corrected chi connectivity index (χ4v) is 2.40. The third-order valence-electron chi connectivity index (χ3n) is 3.10. The van der Waals surface area contributed by atoms with Crippen molar-refractivity contribution in [3.8, 4) is 5.75 Å². The number of hydrogen-bond donors (Lipinski definition) is 2. The summed E-state index contributed by atoms with van der Waals surface area (Å²) < 4.78 is 0. The Morgan fingerprint density at radius 3 is 2.45 bits per heavy atom. The largest absolute Gasteiger partial charge is 0.508 e. The lowest BCUT2D eigenvalue weighted by Crippen LogP contribution is -2.13. The van der Waals surface area contributed by atoms with Gasteiger partial charge >= 0.3 is 0 Å². The number of nitrogens with one attached hydrogen (secondary N) is 1. The molecule has 1 rings (SSSR count). The molecule has 1 aromatic rings. The smallest absolute Gasteiger partial charge is 0.116 e. The summed E-state index contributed by atoms with van der Waals surface area (Å²) in [6.07, 6.45) is 3.73. The van der Waals surface area contributed by atoms with E-state index < -0.39 is 0 Å². The Bertz CT molecular complexity index is 641. The Morgan fingerprint density at radius 1 is 1.23 bits per heavy atom. The van der Waals surface area contributed by atoms with Crippen LogP contribution in [-0.2, 0) is 0 Å². The first-order valence-corrected chi connectivity index (χ1v) is 7.76. The average Bonchev–Trinajstić information content (AvgIpc) is 2.51. The molecule has 116 valence electrons. The van der Waals surface area contributed by atoms with Crippen LogP contribution in [0.25, 0.3) is 10.6 Å². The number of aromatic hydroxyl groups is 1. The third-order valence-corrected chi connectivity index (χ3v) is 4.14. The number of hydrogen-bond acceptors (Lipinski definition) is 3. The quantitative estimate of drug-likeness (QED) is 0.637. The lowest BCUT2D eigenvalue weighted by Gasteiger charge is -2.13. The fraction of sp³-hybridized carbons (Fsp3) is 0.158. The van der Waals surface area contributed by atoms with E-state index in [0.29, 0.717) is 6.54 Å². The zero-order chi connectivity index (χ0) is 16.7. The maximum atomic E-state index is 9.94. The van der Waals surface area contributed by atoms with Crippen LogP contribution in [0.2, 0.25) is 0 Å². The lowest BCUT2D eigenvalue weighted by atomic mass is 10.1. The van der Waals surface area contributed by atoms with Gasteiger partial charge in [0.15, 0.2) is 0 Å². The molecule has 3 heteroatoms. The van der Waals surface area contributed by atoms with E-state index in [1.165, 1.54) is 0 Å². The van der Waals surface area contributed by atoms with Crippen molar-refractivity contribution >= 4 is 22.4 Å². The van der Waals surface area contributed by atoms with Gasteiger partial charge in [-0.2, -0.15) is 0 Å². The van der Waals surface area contributed by atoms with E-state index in [-0.39, 0.29) is 5.75 Å². The molecule has 1 aromatic carbocycles. The van der Waals surface area contributed by atoms with Gasteiger partial charge in [0.2, 0.25) is 0 Å². The van der Waals surface area contributed by atoms with Crippen LogP contribution < -0.4 is 5.32 Å². The van der Waals surface area contributed by atoms with Crippen LogP contribution in [0.4, 0.5) is 0 Å². The van der Waals surface area contributed by atoms with Crippen LogP contribution in [0.1, 0.15) is 25.0 Å². The Kier molecular flexibility index (Phi) is 6.80. The first-order valence-electron chi connectivity index (χ1n) is 6.94. The summed E-state index contributed by atoms with van der Waals surface area (Å²) in [5, 5.41) is 13.1. The van der Waals surface area contributed by atoms with Crippen LogP contribution in [0, 0.1) is 0 Å². The lowest BCUT2D eigenvalue weighted by molar-refractivity contribution is 0.475. The van der Waals surface area contributed by atoms with Crippen LogP contribution in [0.5, 0.6) is 5.75 Å². The fourth-order valence-electron chi connectivity index (χ4n) is 1.65. The number of benzene rings is 1. The predicted octanol–water partition coefficient (Wildman–Crippen LogP) is 5.32. The van der Waals surface area contributed by atoms with Gasteiger partial charge in [0.1, 0.15) is 5.75 Å². The summed E-state index contributed by atoms with van der Waals surface area (Å²) in [7, 11) is 0. The van der Waals surface area contributed by atoms with Crippen LogP contribution in [0.3, 0.4) is 0 Å². The Hall–Kier alpha value is -2.13. The van der Waals surface area contributed by atoms with Gasteiger partial charge < -0.3 is 10.4 Å². The number of phenolic OH excluding ortho intramolecular Hbond substituents is 1. The molecule has 22 heavy (non-hydrogen) atoms. The van der Waals surface area contributed by atoms with Crippen molar-refractivity contribution in [2.75, 3.05) is 6.54 Å². The maximum Gasteiger partial charge on any atom is 0.116 e. The number of rotatable bonds is 8. The number of phenols is 1. The molecule has 0 aromatic heterocycles. The normalized spacial score (nSPS) is 10.9. The van der Waals surface area contributed by atoms with Crippen molar-refractivity contribution in [3.63, 3.8) is 0 Å². The molecule has 0 spiro atoms. The van der Waals surface area contributed by atoms with E-state index in [0.717, 1.165) is 32.2 Å². The second-order valence-corrected chi connectivity index (χ2v) is 6.23. The first-order chi connectivity index (χ1) is 10.4. The van der Waals surface area contributed by atoms with Crippen molar-refractivity contribution in [2.45, 2.75) is 13.8 Å². The van der Waals surface area contributed by atoms with Gasteiger partial charge in [0.25, 0.3) is 0 Å². The molecule has 0 amide bonds.